The number of nitrogens with two attached hydrogens (primary N) is 1. The molecule has 1 aliphatic carbocycles. The highest BCUT2D eigenvalue weighted by molar-refractivity contribution is 6.34. The Balaban J connectivity index is 1.41. The Labute approximate surface area is 197 Å². The van der Waals surface area contributed by atoms with E-state index in [9.17, 15) is 18.0 Å². The topological polar surface area (TPSA) is 77.7 Å². The third-order valence-corrected chi connectivity index (χ3v) is 6.97. The monoisotopic (exact) mass is 489 g/mol. The van der Waals surface area contributed by atoms with E-state index in [4.69, 9.17) is 26.8 Å². The number of ether oxygens (including phenoxy) is 2. The first kappa shape index (κ1) is 21.5. The molecule has 2 N–H and O–H groups in total. The summed E-state index contributed by atoms with van der Waals surface area (Å²) in [5.41, 5.74) is 8.42. The van der Waals surface area contributed by atoms with Gasteiger partial charge < -0.3 is 20.1 Å². The molecule has 3 heterocycles. The number of carbonyl (C=O) groups excluding carboxylic acids is 1. The van der Waals surface area contributed by atoms with Crippen molar-refractivity contribution in [3.8, 4) is 5.75 Å². The number of hydrogen-bond acceptors (Lipinski definition) is 5. The van der Waals surface area contributed by atoms with Gasteiger partial charge in [0.05, 0.1) is 40.9 Å². The van der Waals surface area contributed by atoms with Crippen LogP contribution in [-0.4, -0.2) is 28.4 Å². The minimum absolute atomic E-state index is 0.0281. The highest BCUT2D eigenvalue weighted by atomic mass is 35.5. The molecule has 1 saturated carbocycles. The molecule has 10 heteroatoms. The van der Waals surface area contributed by atoms with Gasteiger partial charge in [0.2, 0.25) is 0 Å². The predicted octanol–water partition coefficient (Wildman–Crippen LogP) is 5.26. The minimum atomic E-state index is -4.47. The number of anilines is 1. The van der Waals surface area contributed by atoms with Crippen molar-refractivity contribution in [2.24, 2.45) is 0 Å². The molecule has 1 atom stereocenters. The zero-order valence-electron chi connectivity index (χ0n) is 17.8. The molecule has 176 valence electrons. The molecule has 0 saturated heterocycles. The molecule has 0 spiro atoms. The van der Waals surface area contributed by atoms with Gasteiger partial charge in [-0.3, -0.25) is 4.79 Å². The lowest BCUT2D eigenvalue weighted by Gasteiger charge is -2.29. The van der Waals surface area contributed by atoms with E-state index in [2.05, 4.69) is 4.98 Å². The number of hydrogen-bond donors (Lipinski definition) is 1. The van der Waals surface area contributed by atoms with E-state index < -0.39 is 17.8 Å². The van der Waals surface area contributed by atoms with Gasteiger partial charge in [0.15, 0.2) is 0 Å². The maximum Gasteiger partial charge on any atom is 0.416 e. The third-order valence-electron chi connectivity index (χ3n) is 6.66. The first-order valence-electron chi connectivity index (χ1n) is 10.9. The molecule has 1 aromatic heterocycles. The highest BCUT2D eigenvalue weighted by Gasteiger charge is 2.43. The van der Waals surface area contributed by atoms with E-state index in [1.165, 1.54) is 6.07 Å². The van der Waals surface area contributed by atoms with E-state index in [0.717, 1.165) is 41.5 Å². The van der Waals surface area contributed by atoms with Crippen molar-refractivity contribution in [1.29, 1.82) is 0 Å². The normalized spacial score (nSPS) is 19.1. The molecule has 2 aromatic carbocycles. The molecular formula is C24H19ClF3N3O3. The molecule has 34 heavy (non-hydrogen) atoms. The summed E-state index contributed by atoms with van der Waals surface area (Å²) in [6.07, 6.45) is -2.85. The quantitative estimate of drug-likeness (QED) is 0.543. The number of nitrogen functional groups attached to an aromatic ring is 1. The van der Waals surface area contributed by atoms with Crippen LogP contribution in [0, 0.1) is 0 Å². The molecule has 0 bridgehead atoms. The molecule has 1 unspecified atom stereocenters. The zero-order chi connectivity index (χ0) is 23.8. The summed E-state index contributed by atoms with van der Waals surface area (Å²) in [4.78, 5) is 19.9. The average Bonchev–Trinajstić information content (AvgIpc) is 3.32. The maximum atomic E-state index is 13.8. The zero-order valence-corrected chi connectivity index (χ0v) is 18.5. The number of fused-ring (bicyclic) bond motifs is 4. The van der Waals surface area contributed by atoms with E-state index in [0.29, 0.717) is 35.7 Å². The Bertz CT molecular complexity index is 1360. The standard InChI is InChI=1S/C24H19ClF3N3O3/c25-18-7-19-14(16-8-33-9-17(16)22(29)30-19)6-15(18)23(32)31(12-2-3-12)20-10-34-21-5-11(24(26,27)28)1-4-13(20)21/h1,4-7,12,20H,2-3,8-10H2,(H2,29,30). The van der Waals surface area contributed by atoms with Crippen molar-refractivity contribution in [3.63, 3.8) is 0 Å². The number of aromatic nitrogens is 1. The van der Waals surface area contributed by atoms with Gasteiger partial charge in [0.25, 0.3) is 5.91 Å². The molecule has 3 aliphatic rings. The van der Waals surface area contributed by atoms with Gasteiger partial charge in [0.1, 0.15) is 18.2 Å². The van der Waals surface area contributed by atoms with Crippen molar-refractivity contribution < 1.29 is 27.4 Å². The average molecular weight is 490 g/mol. The Morgan fingerprint density at radius 2 is 1.91 bits per heavy atom. The Morgan fingerprint density at radius 3 is 2.65 bits per heavy atom. The minimum Gasteiger partial charge on any atom is -0.491 e. The fourth-order valence-electron chi connectivity index (χ4n) is 4.81. The van der Waals surface area contributed by atoms with Crippen molar-refractivity contribution in [1.82, 2.24) is 9.88 Å². The largest absolute Gasteiger partial charge is 0.491 e. The summed E-state index contributed by atoms with van der Waals surface area (Å²) >= 11 is 6.53. The van der Waals surface area contributed by atoms with Gasteiger partial charge in [-0.25, -0.2) is 4.98 Å². The number of alkyl halides is 3. The number of rotatable bonds is 3. The van der Waals surface area contributed by atoms with Crippen LogP contribution in [-0.2, 0) is 24.1 Å². The first-order chi connectivity index (χ1) is 16.2. The summed E-state index contributed by atoms with van der Waals surface area (Å²) in [5.74, 6) is 0.241. The number of halogens is 4. The Morgan fingerprint density at radius 1 is 1.15 bits per heavy atom. The SMILES string of the molecule is Nc1nc2cc(Cl)c(C(=O)N(C3CC3)C3COc4cc(C(F)(F)F)ccc43)cc2c2c1COC2. The van der Waals surface area contributed by atoms with E-state index in [1.807, 2.05) is 0 Å². The second-order valence-electron chi connectivity index (χ2n) is 8.82. The summed E-state index contributed by atoms with van der Waals surface area (Å²) in [6.45, 7) is 0.817. The fourth-order valence-corrected chi connectivity index (χ4v) is 5.05. The molecule has 1 amide bonds. The van der Waals surface area contributed by atoms with Crippen LogP contribution < -0.4 is 10.5 Å². The van der Waals surface area contributed by atoms with Gasteiger partial charge in [0, 0.05) is 22.6 Å². The lowest BCUT2D eigenvalue weighted by atomic mass is 10.0. The Kier molecular flexibility index (Phi) is 4.73. The van der Waals surface area contributed by atoms with Gasteiger partial charge in [-0.15, -0.1) is 0 Å². The fraction of sp³-hybridized carbons (Fsp3) is 0.333. The molecule has 3 aromatic rings. The third kappa shape index (κ3) is 3.37. The molecule has 2 aliphatic heterocycles. The number of pyridine rings is 1. The number of amides is 1. The van der Waals surface area contributed by atoms with Crippen LogP contribution in [0.25, 0.3) is 10.9 Å². The summed E-state index contributed by atoms with van der Waals surface area (Å²) in [5, 5.41) is 0.989. The predicted molar refractivity (Wildman–Crippen MR) is 119 cm³/mol. The first-order valence-corrected chi connectivity index (χ1v) is 11.2. The molecule has 6 rings (SSSR count). The van der Waals surface area contributed by atoms with Crippen LogP contribution in [0.1, 0.15) is 51.5 Å². The smallest absolute Gasteiger partial charge is 0.416 e. The van der Waals surface area contributed by atoms with Gasteiger partial charge >= 0.3 is 6.18 Å². The molecule has 1 fully saturated rings. The Hall–Kier alpha value is -3.04. The van der Waals surface area contributed by atoms with Crippen molar-refractivity contribution >= 4 is 34.2 Å². The lowest BCUT2D eigenvalue weighted by Crippen LogP contribution is -2.37. The second-order valence-corrected chi connectivity index (χ2v) is 9.22. The van der Waals surface area contributed by atoms with Gasteiger partial charge in [-0.1, -0.05) is 17.7 Å². The van der Waals surface area contributed by atoms with Crippen molar-refractivity contribution in [2.45, 2.75) is 44.3 Å². The van der Waals surface area contributed by atoms with Crippen molar-refractivity contribution in [3.05, 3.63) is 63.2 Å². The van der Waals surface area contributed by atoms with Crippen LogP contribution in [0.2, 0.25) is 5.02 Å². The lowest BCUT2D eigenvalue weighted by molar-refractivity contribution is -0.137. The maximum absolute atomic E-state index is 13.8. The number of benzene rings is 2. The van der Waals surface area contributed by atoms with Gasteiger partial charge in [-0.2, -0.15) is 13.2 Å². The van der Waals surface area contributed by atoms with Crippen LogP contribution in [0.5, 0.6) is 5.75 Å². The van der Waals surface area contributed by atoms with E-state index in [-0.39, 0.29) is 29.3 Å². The molecular weight excluding hydrogens is 471 g/mol. The van der Waals surface area contributed by atoms with E-state index in [1.54, 1.807) is 17.0 Å². The number of nitrogens with zero attached hydrogens (tertiary/aromatic N) is 2. The summed E-state index contributed by atoms with van der Waals surface area (Å²) in [7, 11) is 0. The van der Waals surface area contributed by atoms with Gasteiger partial charge in [-0.05, 0) is 42.7 Å². The number of carbonyl (C=O) groups is 1. The summed E-state index contributed by atoms with van der Waals surface area (Å²) in [6, 6.07) is 6.24. The molecule has 0 radical (unpaired) electrons. The van der Waals surface area contributed by atoms with Crippen LogP contribution in [0.15, 0.2) is 30.3 Å². The van der Waals surface area contributed by atoms with Crippen LogP contribution in [0.3, 0.4) is 0 Å². The highest BCUT2D eigenvalue weighted by Crippen LogP contribution is 2.45. The van der Waals surface area contributed by atoms with Crippen LogP contribution in [0.4, 0.5) is 19.0 Å². The second kappa shape index (κ2) is 7.48. The summed E-state index contributed by atoms with van der Waals surface area (Å²) < 4.78 is 50.5. The van der Waals surface area contributed by atoms with Crippen LogP contribution >= 0.6 is 11.6 Å². The van der Waals surface area contributed by atoms with Crippen molar-refractivity contribution in [2.75, 3.05) is 12.3 Å². The van der Waals surface area contributed by atoms with E-state index >= 15 is 0 Å². The molecule has 6 nitrogen and oxygen atoms in total.